The van der Waals surface area contributed by atoms with Crippen LogP contribution in [0.5, 0.6) is 5.75 Å². The van der Waals surface area contributed by atoms with Crippen LogP contribution < -0.4 is 4.74 Å². The van der Waals surface area contributed by atoms with E-state index in [0.29, 0.717) is 45.1 Å². The fourth-order valence-electron chi connectivity index (χ4n) is 3.03. The number of carbonyl (C=O) groups excluding carboxylic acids is 1. The molecule has 2 heterocycles. The molecule has 1 amide bonds. The van der Waals surface area contributed by atoms with Gasteiger partial charge in [-0.1, -0.05) is 24.3 Å². The molecule has 146 valence electrons. The normalized spacial score (nSPS) is 16.7. The summed E-state index contributed by atoms with van der Waals surface area (Å²) >= 11 is 1.65. The predicted molar refractivity (Wildman–Crippen MR) is 105 cm³/mol. The van der Waals surface area contributed by atoms with Gasteiger partial charge in [-0.2, -0.15) is 0 Å². The lowest BCUT2D eigenvalue weighted by Crippen LogP contribution is -2.39. The summed E-state index contributed by atoms with van der Waals surface area (Å²) in [6.45, 7) is 4.21. The van der Waals surface area contributed by atoms with Crippen molar-refractivity contribution in [1.29, 1.82) is 0 Å². The molecule has 1 aliphatic rings. The zero-order valence-corrected chi connectivity index (χ0v) is 16.1. The quantitative estimate of drug-likeness (QED) is 0.788. The lowest BCUT2D eigenvalue weighted by atomic mass is 10.3. The minimum absolute atomic E-state index is 0.314. The molecule has 27 heavy (non-hydrogen) atoms. The van der Waals surface area contributed by atoms with Gasteiger partial charge in [0, 0.05) is 37.6 Å². The van der Waals surface area contributed by atoms with Crippen molar-refractivity contribution in [3.05, 3.63) is 52.7 Å². The highest BCUT2D eigenvalue weighted by molar-refractivity contribution is 7.09. The monoisotopic (exact) mass is 390 g/mol. The molecule has 0 aliphatic carbocycles. The Morgan fingerprint density at radius 1 is 1.11 bits per heavy atom. The number of hydrogen-bond acceptors (Lipinski definition) is 6. The molecule has 0 spiro atoms. The lowest BCUT2D eigenvalue weighted by Gasteiger charge is -2.23. The predicted octanol–water partition coefficient (Wildman–Crippen LogP) is 2.83. The first-order valence-corrected chi connectivity index (χ1v) is 10.1. The number of β-amino-alcohol motifs (C(OH)–C–C–N with tert-alkyl or cyclic N) is 1. The third-order valence-electron chi connectivity index (χ3n) is 4.40. The van der Waals surface area contributed by atoms with Crippen LogP contribution in [-0.2, 0) is 11.3 Å². The molecule has 1 aliphatic heterocycles. The fourth-order valence-corrected chi connectivity index (χ4v) is 3.67. The summed E-state index contributed by atoms with van der Waals surface area (Å²) in [4.78, 5) is 17.4. The highest BCUT2D eigenvalue weighted by Gasteiger charge is 2.22. The molecular weight excluding hydrogens is 364 g/mol. The van der Waals surface area contributed by atoms with Crippen molar-refractivity contribution in [3.63, 3.8) is 0 Å². The topological polar surface area (TPSA) is 62.2 Å². The van der Waals surface area contributed by atoms with E-state index in [1.807, 2.05) is 35.7 Å². The number of benzene rings is 1. The molecule has 1 unspecified atom stereocenters. The zero-order chi connectivity index (χ0) is 18.9. The summed E-state index contributed by atoms with van der Waals surface area (Å²) in [5.74, 6) is 0.557. The van der Waals surface area contributed by atoms with Crippen LogP contribution in [0.25, 0.3) is 0 Å². The van der Waals surface area contributed by atoms with Crippen LogP contribution >= 0.6 is 11.3 Å². The van der Waals surface area contributed by atoms with Gasteiger partial charge in [-0.25, -0.2) is 4.79 Å². The fraction of sp³-hybridized carbons (Fsp3) is 0.450. The van der Waals surface area contributed by atoms with E-state index in [1.54, 1.807) is 28.4 Å². The molecule has 2 aromatic rings. The maximum Gasteiger partial charge on any atom is 0.415 e. The Balaban J connectivity index is 1.38. The number of para-hydroxylation sites is 1. The minimum Gasteiger partial charge on any atom is -0.410 e. The van der Waals surface area contributed by atoms with E-state index < -0.39 is 6.10 Å². The van der Waals surface area contributed by atoms with Gasteiger partial charge in [0.15, 0.2) is 0 Å². The summed E-state index contributed by atoms with van der Waals surface area (Å²) in [6.07, 6.45) is 0.00259. The number of rotatable bonds is 7. The Morgan fingerprint density at radius 2 is 1.96 bits per heavy atom. The summed E-state index contributed by atoms with van der Waals surface area (Å²) in [6, 6.07) is 13.1. The second-order valence-electron chi connectivity index (χ2n) is 6.57. The van der Waals surface area contributed by atoms with Crippen molar-refractivity contribution >= 4 is 17.4 Å². The Hall–Kier alpha value is -1.93. The van der Waals surface area contributed by atoms with Crippen molar-refractivity contribution < 1.29 is 19.4 Å². The highest BCUT2D eigenvalue weighted by Crippen LogP contribution is 2.13. The first-order valence-electron chi connectivity index (χ1n) is 9.23. The first kappa shape index (κ1) is 19.8. The number of ether oxygens (including phenoxy) is 2. The molecule has 1 saturated heterocycles. The molecule has 0 saturated carbocycles. The minimum atomic E-state index is -0.534. The number of thiophene rings is 1. The lowest BCUT2D eigenvalue weighted by molar-refractivity contribution is 0.0114. The Labute approximate surface area is 163 Å². The second-order valence-corrected chi connectivity index (χ2v) is 7.60. The first-order chi connectivity index (χ1) is 13.2. The summed E-state index contributed by atoms with van der Waals surface area (Å²) in [5, 5.41) is 12.2. The van der Waals surface area contributed by atoms with E-state index in [0.717, 1.165) is 17.8 Å². The number of aliphatic hydroxyl groups excluding tert-OH is 1. The van der Waals surface area contributed by atoms with E-state index in [2.05, 4.69) is 4.90 Å². The van der Waals surface area contributed by atoms with Crippen LogP contribution in [0.1, 0.15) is 11.3 Å². The Morgan fingerprint density at radius 3 is 2.74 bits per heavy atom. The average Bonchev–Trinajstić information content (AvgIpc) is 3.07. The summed E-state index contributed by atoms with van der Waals surface area (Å²) < 4.78 is 11.0. The zero-order valence-electron chi connectivity index (χ0n) is 15.3. The largest absolute Gasteiger partial charge is 0.415 e. The molecule has 3 rings (SSSR count). The van der Waals surface area contributed by atoms with Crippen LogP contribution in [0.3, 0.4) is 0 Å². The van der Waals surface area contributed by atoms with Crippen LogP contribution in [0.4, 0.5) is 4.79 Å². The average molecular weight is 391 g/mol. The van der Waals surface area contributed by atoms with Gasteiger partial charge in [0.1, 0.15) is 5.75 Å². The molecule has 0 radical (unpaired) electrons. The number of hydrogen-bond donors (Lipinski definition) is 1. The third-order valence-corrected chi connectivity index (χ3v) is 5.25. The van der Waals surface area contributed by atoms with Gasteiger partial charge in [-0.3, -0.25) is 4.90 Å². The Bertz CT molecular complexity index is 681. The molecule has 6 nitrogen and oxygen atoms in total. The van der Waals surface area contributed by atoms with Crippen molar-refractivity contribution in [2.45, 2.75) is 19.1 Å². The van der Waals surface area contributed by atoms with Gasteiger partial charge in [0.2, 0.25) is 0 Å². The molecular formula is C20H26N2O4S. The second kappa shape index (κ2) is 10.4. The van der Waals surface area contributed by atoms with Crippen LogP contribution in [0, 0.1) is 0 Å². The number of carbonyl (C=O) groups is 1. The van der Waals surface area contributed by atoms with E-state index in [4.69, 9.17) is 9.47 Å². The van der Waals surface area contributed by atoms with E-state index in [9.17, 15) is 9.90 Å². The maximum atomic E-state index is 12.3. The van der Waals surface area contributed by atoms with E-state index in [-0.39, 0.29) is 6.09 Å². The van der Waals surface area contributed by atoms with Crippen LogP contribution in [-0.4, -0.2) is 66.4 Å². The van der Waals surface area contributed by atoms with Gasteiger partial charge in [0.25, 0.3) is 0 Å². The van der Waals surface area contributed by atoms with Gasteiger partial charge < -0.3 is 19.5 Å². The van der Waals surface area contributed by atoms with Gasteiger partial charge >= 0.3 is 6.09 Å². The van der Waals surface area contributed by atoms with Gasteiger partial charge in [-0.05, 0) is 30.0 Å². The van der Waals surface area contributed by atoms with Crippen molar-refractivity contribution in [1.82, 2.24) is 9.80 Å². The Kier molecular flexibility index (Phi) is 7.65. The molecule has 1 N–H and O–H groups in total. The molecule has 1 aromatic carbocycles. The van der Waals surface area contributed by atoms with E-state index in [1.165, 1.54) is 0 Å². The van der Waals surface area contributed by atoms with Crippen molar-refractivity contribution in [3.8, 4) is 5.75 Å². The highest BCUT2D eigenvalue weighted by atomic mass is 32.1. The summed E-state index contributed by atoms with van der Waals surface area (Å²) in [7, 11) is 0. The summed E-state index contributed by atoms with van der Waals surface area (Å²) in [5.41, 5.74) is 0. The maximum absolute atomic E-state index is 12.3. The molecule has 7 heteroatoms. The smallest absolute Gasteiger partial charge is 0.410 e. The molecule has 1 aromatic heterocycles. The molecule has 1 atom stereocenters. The standard InChI is InChI=1S/C20H26N2O4S/c23-17(15-25-16-19-8-4-13-27-19)14-21-9-5-10-22(12-11-21)20(24)26-18-6-2-1-3-7-18/h1-4,6-8,13,17,23H,5,9-12,14-16H2. The van der Waals surface area contributed by atoms with Crippen LogP contribution in [0.15, 0.2) is 47.8 Å². The van der Waals surface area contributed by atoms with Crippen molar-refractivity contribution in [2.75, 3.05) is 39.3 Å². The van der Waals surface area contributed by atoms with E-state index >= 15 is 0 Å². The number of nitrogens with zero attached hydrogens (tertiary/aromatic N) is 2. The van der Waals surface area contributed by atoms with Crippen LogP contribution in [0.2, 0.25) is 0 Å². The van der Waals surface area contributed by atoms with Gasteiger partial charge in [0.05, 0.1) is 19.3 Å². The van der Waals surface area contributed by atoms with Crippen molar-refractivity contribution in [2.24, 2.45) is 0 Å². The number of amides is 1. The molecule has 0 bridgehead atoms. The van der Waals surface area contributed by atoms with Gasteiger partial charge in [-0.15, -0.1) is 11.3 Å². The molecule has 1 fully saturated rings. The SMILES string of the molecule is O=C(Oc1ccccc1)N1CCCN(CC(O)COCc2cccs2)CC1. The number of aliphatic hydroxyl groups is 1. The third kappa shape index (κ3) is 6.62.